The van der Waals surface area contributed by atoms with Gasteiger partial charge in [0.05, 0.1) is 12.6 Å². The zero-order valence-corrected chi connectivity index (χ0v) is 13.1. The predicted molar refractivity (Wildman–Crippen MR) is 83.1 cm³/mol. The van der Waals surface area contributed by atoms with Gasteiger partial charge in [-0.15, -0.1) is 0 Å². The van der Waals surface area contributed by atoms with Crippen LogP contribution >= 0.6 is 0 Å². The zero-order valence-electron chi connectivity index (χ0n) is 13.1. The summed E-state index contributed by atoms with van der Waals surface area (Å²) in [6.45, 7) is 1.86. The van der Waals surface area contributed by atoms with Crippen molar-refractivity contribution in [2.45, 2.75) is 32.4 Å². The molecule has 0 aromatic heterocycles. The standard InChI is InChI=1S/C16H22N2O5/c1-2-22-15(20)10-18-16(21)13(17)8-9-14(19)23-11-12-6-4-3-5-7-12/h3-7,13H,2,8-11,17H2,1H3,(H,18,21)/t13-/m0/s1. The number of esters is 2. The Morgan fingerprint density at radius 3 is 2.48 bits per heavy atom. The first-order chi connectivity index (χ1) is 11.0. The summed E-state index contributed by atoms with van der Waals surface area (Å²) in [5.41, 5.74) is 6.55. The topological polar surface area (TPSA) is 108 Å². The first kappa shape index (κ1) is 18.6. The lowest BCUT2D eigenvalue weighted by Crippen LogP contribution is -2.43. The minimum Gasteiger partial charge on any atom is -0.465 e. The summed E-state index contributed by atoms with van der Waals surface area (Å²) < 4.78 is 9.76. The molecule has 0 aliphatic carbocycles. The second kappa shape index (κ2) is 10.3. The van der Waals surface area contributed by atoms with Crippen molar-refractivity contribution in [1.82, 2.24) is 5.32 Å². The van der Waals surface area contributed by atoms with E-state index in [2.05, 4.69) is 10.1 Å². The monoisotopic (exact) mass is 322 g/mol. The zero-order chi connectivity index (χ0) is 17.1. The Labute approximate surface area is 135 Å². The number of hydrogen-bond donors (Lipinski definition) is 2. The molecule has 1 atom stereocenters. The minimum atomic E-state index is -0.881. The Bertz CT molecular complexity index is 518. The van der Waals surface area contributed by atoms with Crippen LogP contribution in [-0.4, -0.2) is 37.0 Å². The van der Waals surface area contributed by atoms with Crippen molar-refractivity contribution in [3.63, 3.8) is 0 Å². The maximum Gasteiger partial charge on any atom is 0.325 e. The van der Waals surface area contributed by atoms with Crippen LogP contribution in [0.25, 0.3) is 0 Å². The molecular formula is C16H22N2O5. The quantitative estimate of drug-likeness (QED) is 0.642. The number of rotatable bonds is 9. The number of nitrogens with one attached hydrogen (secondary N) is 1. The van der Waals surface area contributed by atoms with E-state index in [1.54, 1.807) is 6.92 Å². The number of carbonyl (C=O) groups excluding carboxylic acids is 3. The van der Waals surface area contributed by atoms with Crippen LogP contribution in [0.4, 0.5) is 0 Å². The van der Waals surface area contributed by atoms with Crippen LogP contribution in [0.15, 0.2) is 30.3 Å². The highest BCUT2D eigenvalue weighted by Crippen LogP contribution is 2.03. The molecule has 7 nitrogen and oxygen atoms in total. The van der Waals surface area contributed by atoms with Crippen molar-refractivity contribution in [3.05, 3.63) is 35.9 Å². The summed E-state index contributed by atoms with van der Waals surface area (Å²) in [5, 5.41) is 2.36. The molecule has 1 rings (SSSR count). The first-order valence-electron chi connectivity index (χ1n) is 7.41. The Hall–Kier alpha value is -2.41. The Balaban J connectivity index is 2.21. The lowest BCUT2D eigenvalue weighted by atomic mass is 10.1. The van der Waals surface area contributed by atoms with Crippen LogP contribution in [0.5, 0.6) is 0 Å². The second-order valence-corrected chi connectivity index (χ2v) is 4.81. The van der Waals surface area contributed by atoms with Crippen LogP contribution in [0, 0.1) is 0 Å². The molecule has 3 N–H and O–H groups in total. The van der Waals surface area contributed by atoms with Crippen LogP contribution in [0.2, 0.25) is 0 Å². The molecule has 126 valence electrons. The van der Waals surface area contributed by atoms with Gasteiger partial charge < -0.3 is 20.5 Å². The van der Waals surface area contributed by atoms with Crippen LogP contribution in [-0.2, 0) is 30.5 Å². The molecular weight excluding hydrogens is 300 g/mol. The minimum absolute atomic E-state index is 0.0286. The van der Waals surface area contributed by atoms with Gasteiger partial charge >= 0.3 is 11.9 Å². The summed E-state index contributed by atoms with van der Waals surface area (Å²) >= 11 is 0. The average molecular weight is 322 g/mol. The number of ether oxygens (including phenoxy) is 2. The molecule has 0 fully saturated rings. The largest absolute Gasteiger partial charge is 0.465 e. The molecule has 1 amide bonds. The van der Waals surface area contributed by atoms with Gasteiger partial charge in [-0.2, -0.15) is 0 Å². The van der Waals surface area contributed by atoms with E-state index in [4.69, 9.17) is 10.5 Å². The van der Waals surface area contributed by atoms with Gasteiger partial charge in [0.25, 0.3) is 0 Å². The molecule has 0 spiro atoms. The summed E-state index contributed by atoms with van der Waals surface area (Å²) in [6.07, 6.45) is 0.170. The molecule has 23 heavy (non-hydrogen) atoms. The fourth-order valence-corrected chi connectivity index (χ4v) is 1.72. The van der Waals surface area contributed by atoms with Crippen molar-refractivity contribution >= 4 is 17.8 Å². The third-order valence-corrected chi connectivity index (χ3v) is 2.95. The van der Waals surface area contributed by atoms with Gasteiger partial charge in [-0.1, -0.05) is 30.3 Å². The molecule has 1 aromatic carbocycles. The van der Waals surface area contributed by atoms with Crippen LogP contribution in [0.1, 0.15) is 25.3 Å². The SMILES string of the molecule is CCOC(=O)CNC(=O)[C@@H](N)CCC(=O)OCc1ccccc1. The van der Waals surface area contributed by atoms with Crippen molar-refractivity contribution in [2.75, 3.05) is 13.2 Å². The maximum atomic E-state index is 11.6. The summed E-state index contributed by atoms with van der Waals surface area (Å²) in [4.78, 5) is 34.4. The smallest absolute Gasteiger partial charge is 0.325 e. The third kappa shape index (κ3) is 7.96. The van der Waals surface area contributed by atoms with E-state index in [1.807, 2.05) is 30.3 Å². The van der Waals surface area contributed by atoms with Gasteiger partial charge in [0, 0.05) is 6.42 Å². The normalized spacial score (nSPS) is 11.4. The summed E-state index contributed by atoms with van der Waals surface area (Å²) in [5.74, 6) is -1.47. The van der Waals surface area contributed by atoms with Crippen molar-refractivity contribution in [1.29, 1.82) is 0 Å². The second-order valence-electron chi connectivity index (χ2n) is 4.81. The highest BCUT2D eigenvalue weighted by atomic mass is 16.5. The van der Waals surface area contributed by atoms with Gasteiger partial charge in [0.1, 0.15) is 13.2 Å². The van der Waals surface area contributed by atoms with E-state index in [-0.39, 0.29) is 32.6 Å². The number of benzene rings is 1. The summed E-state index contributed by atoms with van der Waals surface area (Å²) in [7, 11) is 0. The molecule has 0 heterocycles. The van der Waals surface area contributed by atoms with Crippen LogP contribution < -0.4 is 11.1 Å². The van der Waals surface area contributed by atoms with E-state index in [9.17, 15) is 14.4 Å². The van der Waals surface area contributed by atoms with Gasteiger partial charge in [0.2, 0.25) is 5.91 Å². The number of amides is 1. The van der Waals surface area contributed by atoms with Crippen molar-refractivity contribution in [3.8, 4) is 0 Å². The summed E-state index contributed by atoms with van der Waals surface area (Å²) in [6, 6.07) is 8.40. The van der Waals surface area contributed by atoms with E-state index < -0.39 is 23.9 Å². The molecule has 0 unspecified atom stereocenters. The number of carbonyl (C=O) groups is 3. The molecule has 0 saturated carbocycles. The maximum absolute atomic E-state index is 11.6. The fourth-order valence-electron chi connectivity index (χ4n) is 1.72. The number of nitrogens with two attached hydrogens (primary N) is 1. The first-order valence-corrected chi connectivity index (χ1v) is 7.41. The van der Waals surface area contributed by atoms with E-state index >= 15 is 0 Å². The number of hydrogen-bond acceptors (Lipinski definition) is 6. The van der Waals surface area contributed by atoms with E-state index in [1.165, 1.54) is 0 Å². The molecule has 0 aliphatic rings. The third-order valence-electron chi connectivity index (χ3n) is 2.95. The fraction of sp³-hybridized carbons (Fsp3) is 0.438. The molecule has 0 saturated heterocycles. The van der Waals surface area contributed by atoms with Gasteiger partial charge in [-0.25, -0.2) is 0 Å². The van der Waals surface area contributed by atoms with Gasteiger partial charge in [-0.05, 0) is 18.9 Å². The Morgan fingerprint density at radius 1 is 1.13 bits per heavy atom. The molecule has 0 bridgehead atoms. The van der Waals surface area contributed by atoms with Gasteiger partial charge in [-0.3, -0.25) is 14.4 Å². The van der Waals surface area contributed by atoms with Crippen molar-refractivity contribution in [2.24, 2.45) is 5.73 Å². The molecule has 0 aliphatic heterocycles. The van der Waals surface area contributed by atoms with Gasteiger partial charge in [0.15, 0.2) is 0 Å². The molecule has 1 aromatic rings. The lowest BCUT2D eigenvalue weighted by Gasteiger charge is -2.11. The highest BCUT2D eigenvalue weighted by molar-refractivity contribution is 5.85. The predicted octanol–water partition coefficient (Wildman–Crippen LogP) is 0.517. The average Bonchev–Trinajstić information content (AvgIpc) is 2.56. The Kier molecular flexibility index (Phi) is 8.38. The van der Waals surface area contributed by atoms with Crippen molar-refractivity contribution < 1.29 is 23.9 Å². The molecule has 7 heteroatoms. The lowest BCUT2D eigenvalue weighted by molar-refractivity contribution is -0.146. The van der Waals surface area contributed by atoms with Crippen LogP contribution in [0.3, 0.4) is 0 Å². The molecule has 0 radical (unpaired) electrons. The van der Waals surface area contributed by atoms with E-state index in [0.29, 0.717) is 0 Å². The van der Waals surface area contributed by atoms with E-state index in [0.717, 1.165) is 5.56 Å². The Morgan fingerprint density at radius 2 is 1.83 bits per heavy atom. The highest BCUT2D eigenvalue weighted by Gasteiger charge is 2.16.